The van der Waals surface area contributed by atoms with Crippen LogP contribution in [-0.4, -0.2) is 4.57 Å². The van der Waals surface area contributed by atoms with Gasteiger partial charge in [-0.05, 0) is 60.4 Å². The van der Waals surface area contributed by atoms with Crippen molar-refractivity contribution in [1.82, 2.24) is 4.57 Å². The van der Waals surface area contributed by atoms with Gasteiger partial charge in [-0.2, -0.15) is 4.57 Å². The lowest BCUT2D eigenvalue weighted by molar-refractivity contribution is -0.741. The number of pyridine rings is 1. The number of aromatic nitrogens is 2. The number of hydrogen-bond acceptors (Lipinski definition) is 0. The van der Waals surface area contributed by atoms with Gasteiger partial charge in [0.1, 0.15) is 0 Å². The molecule has 2 aromatic heterocycles. The maximum atomic E-state index is 4.65. The Bertz CT molecular complexity index is 1610. The SMILES string of the molecule is C=C1c2ccc(-n3c4ccccc4c4cc(CCCC)ccc43)cc2-c2cccc[n+]2C1(CC)CC. The Morgan fingerprint density at radius 2 is 1.56 bits per heavy atom. The molecule has 1 aliphatic heterocycles. The number of aryl methyl sites for hydroxylation is 1. The lowest BCUT2D eigenvalue weighted by Crippen LogP contribution is -2.59. The van der Waals surface area contributed by atoms with E-state index in [9.17, 15) is 0 Å². The highest BCUT2D eigenvalue weighted by Gasteiger charge is 2.46. The van der Waals surface area contributed by atoms with Crippen molar-refractivity contribution in [1.29, 1.82) is 0 Å². The van der Waals surface area contributed by atoms with Crippen molar-refractivity contribution in [3.8, 4) is 16.9 Å². The molecule has 3 aromatic carbocycles. The van der Waals surface area contributed by atoms with Crippen LogP contribution in [0.1, 0.15) is 57.6 Å². The molecule has 5 aromatic rings. The maximum Gasteiger partial charge on any atom is 0.213 e. The summed E-state index contributed by atoms with van der Waals surface area (Å²) in [5, 5.41) is 2.66. The van der Waals surface area contributed by atoms with E-state index in [2.05, 4.69) is 122 Å². The molecule has 0 aliphatic carbocycles. The molecule has 2 heteroatoms. The molecule has 0 saturated heterocycles. The molecule has 0 N–H and O–H groups in total. The van der Waals surface area contributed by atoms with Crippen molar-refractivity contribution >= 4 is 27.4 Å². The van der Waals surface area contributed by atoms with Gasteiger partial charge >= 0.3 is 0 Å². The minimum absolute atomic E-state index is 0.0765. The van der Waals surface area contributed by atoms with Crippen molar-refractivity contribution in [3.05, 3.63) is 103 Å². The number of para-hydroxylation sites is 1. The number of hydrogen-bond donors (Lipinski definition) is 0. The van der Waals surface area contributed by atoms with Crippen molar-refractivity contribution < 1.29 is 4.57 Å². The normalized spacial score (nSPS) is 14.2. The van der Waals surface area contributed by atoms with E-state index in [0.29, 0.717) is 0 Å². The molecule has 0 saturated carbocycles. The Hall–Kier alpha value is -3.65. The van der Waals surface area contributed by atoms with Crippen LogP contribution in [0.5, 0.6) is 0 Å². The highest BCUT2D eigenvalue weighted by Crippen LogP contribution is 2.44. The average Bonchev–Trinajstić information content (AvgIpc) is 3.26. The van der Waals surface area contributed by atoms with Gasteiger partial charge in [-0.15, -0.1) is 0 Å². The summed E-state index contributed by atoms with van der Waals surface area (Å²) < 4.78 is 4.90. The second kappa shape index (κ2) is 8.78. The van der Waals surface area contributed by atoms with Gasteiger partial charge < -0.3 is 4.57 Å². The van der Waals surface area contributed by atoms with Crippen LogP contribution in [0.2, 0.25) is 0 Å². The Labute approximate surface area is 214 Å². The molecule has 0 atom stereocenters. The van der Waals surface area contributed by atoms with Gasteiger partial charge in [0.05, 0.1) is 16.6 Å². The maximum absolute atomic E-state index is 4.65. The molecule has 0 bridgehead atoms. The summed E-state index contributed by atoms with van der Waals surface area (Å²) in [6.07, 6.45) is 7.87. The summed E-state index contributed by atoms with van der Waals surface area (Å²) in [6.45, 7) is 11.5. The number of benzene rings is 3. The van der Waals surface area contributed by atoms with E-state index in [1.165, 1.54) is 68.3 Å². The predicted octanol–water partition coefficient (Wildman–Crippen LogP) is 8.62. The Kier molecular flexibility index (Phi) is 5.56. The standard InChI is InChI=1S/C34H35N2/c1-5-8-13-25-17-20-33-29(22-25)28-14-9-10-16-32(28)36(33)26-18-19-27-24(4)34(6-2,7-3)35-21-12-11-15-31(35)30(27)23-26/h9-12,14-23H,4-8,13H2,1-3H3/q+1. The van der Waals surface area contributed by atoms with E-state index < -0.39 is 0 Å². The molecule has 0 amide bonds. The molecule has 6 rings (SSSR count). The molecule has 2 nitrogen and oxygen atoms in total. The van der Waals surface area contributed by atoms with Crippen LogP contribution in [0.4, 0.5) is 0 Å². The fourth-order valence-electron chi connectivity index (χ4n) is 6.43. The van der Waals surface area contributed by atoms with Crippen LogP contribution in [0.25, 0.3) is 44.3 Å². The summed E-state index contributed by atoms with van der Waals surface area (Å²) in [4.78, 5) is 0. The molecule has 0 spiro atoms. The smallest absolute Gasteiger partial charge is 0.213 e. The molecule has 0 fully saturated rings. The molecular formula is C34H35N2+. The van der Waals surface area contributed by atoms with Crippen LogP contribution in [0.15, 0.2) is 91.6 Å². The highest BCUT2D eigenvalue weighted by atomic mass is 15.1. The van der Waals surface area contributed by atoms with Gasteiger partial charge in [-0.3, -0.25) is 0 Å². The first kappa shape index (κ1) is 22.8. The first-order valence-electron chi connectivity index (χ1n) is 13.5. The first-order chi connectivity index (χ1) is 17.6. The Balaban J connectivity index is 1.59. The number of rotatable bonds is 6. The second-order valence-corrected chi connectivity index (χ2v) is 10.2. The highest BCUT2D eigenvalue weighted by molar-refractivity contribution is 6.09. The average molecular weight is 472 g/mol. The third-order valence-corrected chi connectivity index (χ3v) is 8.47. The molecule has 1 aliphatic rings. The minimum Gasteiger partial charge on any atom is -0.309 e. The molecule has 3 heterocycles. The monoisotopic (exact) mass is 471 g/mol. The zero-order valence-corrected chi connectivity index (χ0v) is 21.7. The number of fused-ring (bicyclic) bond motifs is 6. The molecular weight excluding hydrogens is 436 g/mol. The van der Waals surface area contributed by atoms with Gasteiger partial charge in [0.25, 0.3) is 0 Å². The van der Waals surface area contributed by atoms with E-state index in [-0.39, 0.29) is 5.54 Å². The van der Waals surface area contributed by atoms with Crippen LogP contribution < -0.4 is 4.57 Å². The zero-order chi connectivity index (χ0) is 24.9. The summed E-state index contributed by atoms with van der Waals surface area (Å²) in [5.41, 5.74) is 10.1. The van der Waals surface area contributed by atoms with Crippen LogP contribution in [-0.2, 0) is 12.0 Å². The lowest BCUT2D eigenvalue weighted by atomic mass is 9.75. The summed E-state index contributed by atoms with van der Waals surface area (Å²) in [6, 6.07) is 29.4. The largest absolute Gasteiger partial charge is 0.309 e. The van der Waals surface area contributed by atoms with Gasteiger partial charge in [-0.1, -0.05) is 64.1 Å². The van der Waals surface area contributed by atoms with Crippen LogP contribution >= 0.6 is 0 Å². The third kappa shape index (κ3) is 3.20. The molecule has 36 heavy (non-hydrogen) atoms. The number of allylic oxidation sites excluding steroid dienone is 1. The minimum atomic E-state index is -0.0765. The lowest BCUT2D eigenvalue weighted by Gasteiger charge is -2.35. The van der Waals surface area contributed by atoms with Crippen LogP contribution in [0, 0.1) is 0 Å². The molecule has 0 unspecified atom stereocenters. The van der Waals surface area contributed by atoms with E-state index in [0.717, 1.165) is 19.3 Å². The van der Waals surface area contributed by atoms with Crippen LogP contribution in [0.3, 0.4) is 0 Å². The van der Waals surface area contributed by atoms with Gasteiger partial charge in [0.2, 0.25) is 5.69 Å². The summed E-state index contributed by atoms with van der Waals surface area (Å²) in [5.74, 6) is 0. The van der Waals surface area contributed by atoms with E-state index in [4.69, 9.17) is 0 Å². The summed E-state index contributed by atoms with van der Waals surface area (Å²) >= 11 is 0. The first-order valence-corrected chi connectivity index (χ1v) is 13.5. The number of nitrogens with zero attached hydrogens (tertiary/aromatic N) is 2. The molecule has 180 valence electrons. The van der Waals surface area contributed by atoms with Gasteiger partial charge in [0.15, 0.2) is 11.7 Å². The molecule has 0 radical (unpaired) electrons. The quantitative estimate of drug-likeness (QED) is 0.219. The topological polar surface area (TPSA) is 8.81 Å². The third-order valence-electron chi connectivity index (χ3n) is 8.47. The summed E-state index contributed by atoms with van der Waals surface area (Å²) in [7, 11) is 0. The Morgan fingerprint density at radius 1 is 0.778 bits per heavy atom. The van der Waals surface area contributed by atoms with Crippen molar-refractivity contribution in [3.63, 3.8) is 0 Å². The van der Waals surface area contributed by atoms with E-state index >= 15 is 0 Å². The Morgan fingerprint density at radius 3 is 2.36 bits per heavy atom. The van der Waals surface area contributed by atoms with E-state index in [1.807, 2.05) is 0 Å². The van der Waals surface area contributed by atoms with E-state index in [1.54, 1.807) is 0 Å². The fraction of sp³-hybridized carbons (Fsp3) is 0.265. The number of unbranched alkanes of at least 4 members (excludes halogenated alkanes) is 1. The van der Waals surface area contributed by atoms with Gasteiger partial charge in [-0.25, -0.2) is 0 Å². The van der Waals surface area contributed by atoms with Crippen molar-refractivity contribution in [2.45, 2.75) is 58.4 Å². The van der Waals surface area contributed by atoms with Gasteiger partial charge in [0, 0.05) is 47.0 Å². The fourth-order valence-corrected chi connectivity index (χ4v) is 6.43. The second-order valence-electron chi connectivity index (χ2n) is 10.2. The zero-order valence-electron chi connectivity index (χ0n) is 21.7. The predicted molar refractivity (Wildman–Crippen MR) is 153 cm³/mol. The van der Waals surface area contributed by atoms with Crippen molar-refractivity contribution in [2.75, 3.05) is 0 Å². The van der Waals surface area contributed by atoms with Crippen molar-refractivity contribution in [2.24, 2.45) is 0 Å².